The standard InChI is InChI=1S/C40H50N4O3/c1-41(2)37-21-13-9-17-31(37)35(32-18-10-14-22-38(32)42(3)4)25-29(45)27-47-28-30(46)26-36(33-19-11-15-23-39(33)43(5)6)34-20-12-16-24-40(34)44(7)8/h9-24,27-28,35-36,45-46H,25-26H2,1-8H3. The van der Waals surface area contributed by atoms with Crippen LogP contribution in [0.2, 0.25) is 0 Å². The monoisotopic (exact) mass is 634 g/mol. The molecule has 0 spiro atoms. The minimum atomic E-state index is -0.140. The number of hydrogen-bond donors (Lipinski definition) is 2. The number of aliphatic hydroxyl groups excluding tert-OH is 2. The van der Waals surface area contributed by atoms with Crippen molar-refractivity contribution in [1.29, 1.82) is 0 Å². The van der Waals surface area contributed by atoms with Crippen molar-refractivity contribution < 1.29 is 14.9 Å². The molecule has 4 aromatic rings. The van der Waals surface area contributed by atoms with E-state index in [1.54, 1.807) is 0 Å². The van der Waals surface area contributed by atoms with E-state index < -0.39 is 0 Å². The fraction of sp³-hybridized carbons (Fsp3) is 0.300. The molecule has 7 heteroatoms. The summed E-state index contributed by atoms with van der Waals surface area (Å²) in [5, 5.41) is 22.5. The molecule has 0 radical (unpaired) electrons. The molecule has 2 N–H and O–H groups in total. The van der Waals surface area contributed by atoms with Crippen molar-refractivity contribution in [3.63, 3.8) is 0 Å². The Hall–Kier alpha value is -5.04. The number of para-hydroxylation sites is 4. The van der Waals surface area contributed by atoms with Gasteiger partial charge in [-0.1, -0.05) is 72.8 Å². The number of nitrogens with zero attached hydrogens (tertiary/aromatic N) is 4. The minimum Gasteiger partial charge on any atom is -0.509 e. The van der Waals surface area contributed by atoms with Crippen LogP contribution < -0.4 is 19.6 Å². The second-order valence-corrected chi connectivity index (χ2v) is 12.7. The van der Waals surface area contributed by atoms with Gasteiger partial charge in [0.15, 0.2) is 0 Å². The van der Waals surface area contributed by atoms with Crippen LogP contribution in [0.5, 0.6) is 0 Å². The van der Waals surface area contributed by atoms with Crippen LogP contribution in [0, 0.1) is 0 Å². The predicted octanol–water partition coefficient (Wildman–Crippen LogP) is 8.51. The summed E-state index contributed by atoms with van der Waals surface area (Å²) >= 11 is 0. The van der Waals surface area contributed by atoms with Gasteiger partial charge in [0.1, 0.15) is 24.0 Å². The van der Waals surface area contributed by atoms with Crippen LogP contribution in [0.3, 0.4) is 0 Å². The van der Waals surface area contributed by atoms with Crippen molar-refractivity contribution >= 4 is 22.7 Å². The van der Waals surface area contributed by atoms with Crippen LogP contribution in [0.15, 0.2) is 121 Å². The highest BCUT2D eigenvalue weighted by Gasteiger charge is 2.25. The zero-order valence-corrected chi connectivity index (χ0v) is 29.1. The van der Waals surface area contributed by atoms with Crippen LogP contribution in [-0.2, 0) is 4.74 Å². The molecule has 0 heterocycles. The van der Waals surface area contributed by atoms with Gasteiger partial charge in [0.25, 0.3) is 0 Å². The topological polar surface area (TPSA) is 62.7 Å². The molecule has 0 aliphatic carbocycles. The zero-order valence-electron chi connectivity index (χ0n) is 29.1. The molecule has 4 aromatic carbocycles. The lowest BCUT2D eigenvalue weighted by Crippen LogP contribution is -2.17. The largest absolute Gasteiger partial charge is 0.509 e. The van der Waals surface area contributed by atoms with Gasteiger partial charge in [-0.25, -0.2) is 0 Å². The maximum absolute atomic E-state index is 11.2. The van der Waals surface area contributed by atoms with E-state index >= 15 is 0 Å². The lowest BCUT2D eigenvalue weighted by Gasteiger charge is -2.28. The van der Waals surface area contributed by atoms with Crippen LogP contribution in [0.1, 0.15) is 46.9 Å². The Morgan fingerprint density at radius 1 is 0.468 bits per heavy atom. The predicted molar refractivity (Wildman–Crippen MR) is 199 cm³/mol. The first-order chi connectivity index (χ1) is 22.5. The number of hydrogen-bond acceptors (Lipinski definition) is 7. The second-order valence-electron chi connectivity index (χ2n) is 12.7. The van der Waals surface area contributed by atoms with Gasteiger partial charge < -0.3 is 34.5 Å². The highest BCUT2D eigenvalue weighted by molar-refractivity contribution is 5.64. The Morgan fingerprint density at radius 3 is 0.936 bits per heavy atom. The van der Waals surface area contributed by atoms with Crippen LogP contribution in [0.4, 0.5) is 22.7 Å². The zero-order chi connectivity index (χ0) is 34.1. The van der Waals surface area contributed by atoms with E-state index in [-0.39, 0.29) is 23.4 Å². The molecule has 0 unspecified atom stereocenters. The van der Waals surface area contributed by atoms with Gasteiger partial charge in [0, 0.05) is 104 Å². The van der Waals surface area contributed by atoms with E-state index in [1.807, 2.05) is 105 Å². The van der Waals surface area contributed by atoms with E-state index in [0.717, 1.165) is 45.0 Å². The van der Waals surface area contributed by atoms with Gasteiger partial charge >= 0.3 is 0 Å². The molecule has 0 aliphatic rings. The first-order valence-electron chi connectivity index (χ1n) is 16.0. The summed E-state index contributed by atoms with van der Waals surface area (Å²) in [6, 6.07) is 33.1. The Morgan fingerprint density at radius 2 is 0.702 bits per heavy atom. The Balaban J connectivity index is 1.64. The van der Waals surface area contributed by atoms with Crippen molar-refractivity contribution in [3.8, 4) is 0 Å². The van der Waals surface area contributed by atoms with Crippen molar-refractivity contribution in [2.24, 2.45) is 0 Å². The SMILES string of the molecule is CN(C)c1ccccc1C(CC(O)=COC=C(O)CC(c1ccccc1N(C)C)c1ccccc1N(C)C)c1ccccc1N(C)C. The fourth-order valence-corrected chi connectivity index (χ4v) is 6.24. The van der Waals surface area contributed by atoms with E-state index in [4.69, 9.17) is 4.74 Å². The molecule has 4 rings (SSSR count). The Bertz CT molecular complexity index is 1450. The van der Waals surface area contributed by atoms with Crippen molar-refractivity contribution in [2.45, 2.75) is 24.7 Å². The molecule has 0 fully saturated rings. The highest BCUT2D eigenvalue weighted by Crippen LogP contribution is 2.41. The van der Waals surface area contributed by atoms with Gasteiger partial charge in [-0.05, 0) is 46.5 Å². The third-order valence-electron chi connectivity index (χ3n) is 8.41. The third-order valence-corrected chi connectivity index (χ3v) is 8.41. The molecular formula is C40H50N4O3. The molecule has 0 saturated heterocycles. The van der Waals surface area contributed by atoms with E-state index in [1.165, 1.54) is 12.5 Å². The van der Waals surface area contributed by atoms with Crippen LogP contribution in [0.25, 0.3) is 0 Å². The molecule has 0 aliphatic heterocycles. The number of benzene rings is 4. The number of allylic oxidation sites excluding steroid dienone is 2. The van der Waals surface area contributed by atoms with Gasteiger partial charge in [-0.15, -0.1) is 0 Å². The molecular weight excluding hydrogens is 584 g/mol. The lowest BCUT2D eigenvalue weighted by molar-refractivity contribution is 0.291. The number of aliphatic hydroxyl groups is 2. The van der Waals surface area contributed by atoms with Crippen molar-refractivity contribution in [1.82, 2.24) is 0 Å². The molecule has 0 bridgehead atoms. The van der Waals surface area contributed by atoms with Crippen molar-refractivity contribution in [2.75, 3.05) is 76.0 Å². The van der Waals surface area contributed by atoms with Gasteiger partial charge in [-0.3, -0.25) is 0 Å². The fourth-order valence-electron chi connectivity index (χ4n) is 6.24. The molecule has 0 atom stereocenters. The second kappa shape index (κ2) is 16.0. The summed E-state index contributed by atoms with van der Waals surface area (Å²) in [7, 11) is 16.2. The van der Waals surface area contributed by atoms with Crippen LogP contribution in [-0.4, -0.2) is 66.6 Å². The third kappa shape index (κ3) is 8.61. The molecule has 0 saturated carbocycles. The van der Waals surface area contributed by atoms with Gasteiger partial charge in [0.05, 0.1) is 0 Å². The summed E-state index contributed by atoms with van der Waals surface area (Å²) in [5.41, 5.74) is 8.75. The number of anilines is 4. The Kier molecular flexibility index (Phi) is 11.8. The average Bonchev–Trinajstić information content (AvgIpc) is 3.06. The van der Waals surface area contributed by atoms with E-state index in [9.17, 15) is 10.2 Å². The maximum Gasteiger partial charge on any atom is 0.128 e. The maximum atomic E-state index is 11.2. The summed E-state index contributed by atoms with van der Waals surface area (Å²) in [5.74, 6) is -0.125. The summed E-state index contributed by atoms with van der Waals surface area (Å²) in [6.45, 7) is 0. The van der Waals surface area contributed by atoms with Crippen LogP contribution >= 0.6 is 0 Å². The number of ether oxygens (including phenoxy) is 1. The Labute approximate surface area is 281 Å². The molecule has 47 heavy (non-hydrogen) atoms. The molecule has 7 nitrogen and oxygen atoms in total. The van der Waals surface area contributed by atoms with E-state index in [0.29, 0.717) is 12.8 Å². The molecule has 248 valence electrons. The lowest BCUT2D eigenvalue weighted by atomic mass is 9.85. The van der Waals surface area contributed by atoms with Gasteiger partial charge in [-0.2, -0.15) is 0 Å². The van der Waals surface area contributed by atoms with E-state index in [2.05, 4.69) is 68.1 Å². The first-order valence-corrected chi connectivity index (χ1v) is 16.0. The van der Waals surface area contributed by atoms with Gasteiger partial charge in [0.2, 0.25) is 0 Å². The summed E-state index contributed by atoms with van der Waals surface area (Å²) < 4.78 is 5.75. The summed E-state index contributed by atoms with van der Waals surface area (Å²) in [4.78, 5) is 8.38. The molecule has 0 amide bonds. The molecule has 0 aromatic heterocycles. The smallest absolute Gasteiger partial charge is 0.128 e. The van der Waals surface area contributed by atoms with Crippen molar-refractivity contribution in [3.05, 3.63) is 143 Å². The minimum absolute atomic E-state index is 0.0774. The number of rotatable bonds is 14. The highest BCUT2D eigenvalue weighted by atomic mass is 16.5. The normalized spacial score (nSPS) is 12.0. The quantitative estimate of drug-likeness (QED) is 0.135. The summed E-state index contributed by atoms with van der Waals surface area (Å²) in [6.07, 6.45) is 3.30. The average molecular weight is 635 g/mol. The first kappa shape index (κ1) is 34.8.